The molecule has 0 aromatic heterocycles. The van der Waals surface area contributed by atoms with E-state index in [0.29, 0.717) is 22.7 Å². The molecule has 2 fully saturated rings. The number of fused-ring (bicyclic) bond motifs is 2. The maximum Gasteiger partial charge on any atom is 0.313 e. The summed E-state index contributed by atoms with van der Waals surface area (Å²) in [6, 6.07) is 14.3. The summed E-state index contributed by atoms with van der Waals surface area (Å²) < 4.78 is 12.6. The number of nitrogens with one attached hydrogen (secondary N) is 1. The minimum atomic E-state index is -1.40. The fourth-order valence-electron chi connectivity index (χ4n) is 7.01. The van der Waals surface area contributed by atoms with Crippen LogP contribution >= 0.6 is 11.6 Å². The van der Waals surface area contributed by atoms with Crippen LogP contribution in [0, 0.1) is 11.8 Å². The Morgan fingerprint density at radius 1 is 1.02 bits per heavy atom. The van der Waals surface area contributed by atoms with Crippen LogP contribution in [0.5, 0.6) is 0 Å². The van der Waals surface area contributed by atoms with Crippen LogP contribution in [0.2, 0.25) is 5.02 Å². The molecule has 5 bridgehead atoms. The molecule has 6 rings (SSSR count). The van der Waals surface area contributed by atoms with E-state index in [0.717, 1.165) is 0 Å². The molecule has 236 valence electrons. The van der Waals surface area contributed by atoms with Crippen LogP contribution in [-0.2, 0) is 28.7 Å². The van der Waals surface area contributed by atoms with Crippen LogP contribution in [0.15, 0.2) is 78.9 Å². The van der Waals surface area contributed by atoms with Gasteiger partial charge in [-0.05, 0) is 49.6 Å². The summed E-state index contributed by atoms with van der Waals surface area (Å²) in [6.45, 7) is 1.86. The highest BCUT2D eigenvalue weighted by Crippen LogP contribution is 2.56. The van der Waals surface area contributed by atoms with Crippen LogP contribution in [0.3, 0.4) is 0 Å². The first-order chi connectivity index (χ1) is 21.7. The molecule has 0 unspecified atom stereocenters. The number of amides is 3. The maximum absolute atomic E-state index is 14.6. The summed E-state index contributed by atoms with van der Waals surface area (Å²) >= 11 is 6.15. The average Bonchev–Trinajstić information content (AvgIpc) is 3.68. The molecule has 45 heavy (non-hydrogen) atoms. The summed E-state index contributed by atoms with van der Waals surface area (Å²) in [5.74, 6) is -3.67. The van der Waals surface area contributed by atoms with Gasteiger partial charge in [-0.2, -0.15) is 0 Å². The molecule has 3 amide bonds. The summed E-state index contributed by atoms with van der Waals surface area (Å²) in [5.41, 5.74) is -0.145. The summed E-state index contributed by atoms with van der Waals surface area (Å²) in [7, 11) is 0. The van der Waals surface area contributed by atoms with Gasteiger partial charge in [0.2, 0.25) is 11.8 Å². The van der Waals surface area contributed by atoms with Gasteiger partial charge in [0.05, 0.1) is 18.1 Å². The third kappa shape index (κ3) is 5.67. The van der Waals surface area contributed by atoms with Crippen molar-refractivity contribution in [2.24, 2.45) is 11.8 Å². The van der Waals surface area contributed by atoms with E-state index in [1.807, 2.05) is 42.5 Å². The molecule has 2 aromatic rings. The van der Waals surface area contributed by atoms with Crippen LogP contribution in [0.1, 0.15) is 37.9 Å². The first-order valence-electron chi connectivity index (χ1n) is 15.3. The first kappa shape index (κ1) is 31.0. The van der Waals surface area contributed by atoms with Crippen molar-refractivity contribution in [1.29, 1.82) is 0 Å². The molecule has 2 saturated heterocycles. The number of allylic oxidation sites excluding steroid dienone is 1. The largest absolute Gasteiger partial charge is 0.455 e. The quantitative estimate of drug-likeness (QED) is 0.382. The Morgan fingerprint density at radius 3 is 2.51 bits per heavy atom. The van der Waals surface area contributed by atoms with Gasteiger partial charge in [0.25, 0.3) is 5.91 Å². The van der Waals surface area contributed by atoms with Gasteiger partial charge in [0.15, 0.2) is 0 Å². The summed E-state index contributed by atoms with van der Waals surface area (Å²) in [6.07, 6.45) is 6.39. The van der Waals surface area contributed by atoms with Crippen molar-refractivity contribution in [2.75, 3.05) is 24.6 Å². The molecule has 4 aliphatic rings. The zero-order valence-corrected chi connectivity index (χ0v) is 25.6. The van der Waals surface area contributed by atoms with Crippen molar-refractivity contribution in [2.45, 2.75) is 56.1 Å². The molecule has 0 aliphatic carbocycles. The van der Waals surface area contributed by atoms with Crippen molar-refractivity contribution in [3.05, 3.63) is 89.5 Å². The minimum Gasteiger partial charge on any atom is -0.455 e. The Morgan fingerprint density at radius 2 is 1.78 bits per heavy atom. The lowest BCUT2D eigenvalue weighted by Gasteiger charge is -2.36. The second-order valence-electron chi connectivity index (χ2n) is 11.9. The Hall–Kier alpha value is -3.99. The second kappa shape index (κ2) is 12.8. The van der Waals surface area contributed by atoms with E-state index in [1.54, 1.807) is 48.2 Å². The van der Waals surface area contributed by atoms with Gasteiger partial charge in [-0.1, -0.05) is 66.2 Å². The number of aliphatic hydroxyl groups is 1. The molecule has 7 atom stereocenters. The van der Waals surface area contributed by atoms with E-state index in [9.17, 15) is 24.3 Å². The third-order valence-corrected chi connectivity index (χ3v) is 9.30. The van der Waals surface area contributed by atoms with Crippen molar-refractivity contribution in [1.82, 2.24) is 10.2 Å². The van der Waals surface area contributed by atoms with Crippen LogP contribution < -0.4 is 10.2 Å². The number of cyclic esters (lactones) is 1. The fraction of sp³-hybridized carbons (Fsp3) is 0.412. The zero-order chi connectivity index (χ0) is 31.7. The van der Waals surface area contributed by atoms with E-state index in [2.05, 4.69) is 5.32 Å². The van der Waals surface area contributed by atoms with E-state index < -0.39 is 59.5 Å². The maximum atomic E-state index is 14.6. The van der Waals surface area contributed by atoms with Crippen molar-refractivity contribution in [3.8, 4) is 0 Å². The monoisotopic (exact) mass is 633 g/mol. The van der Waals surface area contributed by atoms with Gasteiger partial charge in [0, 0.05) is 36.8 Å². The number of carbonyl (C=O) groups is 4. The lowest BCUT2D eigenvalue weighted by Crippen LogP contribution is -2.56. The molecule has 2 aromatic carbocycles. The molecule has 11 heteroatoms. The molecule has 4 heterocycles. The van der Waals surface area contributed by atoms with Crippen LogP contribution in [-0.4, -0.2) is 77.2 Å². The highest BCUT2D eigenvalue weighted by Gasteiger charge is 2.73. The Balaban J connectivity index is 1.43. The topological polar surface area (TPSA) is 125 Å². The molecule has 10 nitrogen and oxygen atoms in total. The number of halogens is 1. The number of esters is 1. The number of benzene rings is 2. The van der Waals surface area contributed by atoms with E-state index in [-0.39, 0.29) is 38.4 Å². The smallest absolute Gasteiger partial charge is 0.313 e. The minimum absolute atomic E-state index is 0.105. The van der Waals surface area contributed by atoms with Gasteiger partial charge >= 0.3 is 5.97 Å². The van der Waals surface area contributed by atoms with Crippen LogP contribution in [0.4, 0.5) is 5.69 Å². The number of likely N-dealkylation sites (tertiary alicyclic amines) is 1. The Bertz CT molecular complexity index is 1510. The molecule has 0 saturated carbocycles. The second-order valence-corrected chi connectivity index (χ2v) is 12.3. The van der Waals surface area contributed by atoms with Crippen LogP contribution in [0.25, 0.3) is 0 Å². The van der Waals surface area contributed by atoms with Gasteiger partial charge in [-0.15, -0.1) is 0 Å². The molecular weight excluding hydrogens is 598 g/mol. The number of carbonyl (C=O) groups excluding carboxylic acids is 4. The molecule has 0 radical (unpaired) electrons. The number of aliphatic hydroxyl groups excluding tert-OH is 1. The van der Waals surface area contributed by atoms with E-state index in [4.69, 9.17) is 21.1 Å². The number of ether oxygens (including phenoxy) is 2. The lowest BCUT2D eigenvalue weighted by atomic mass is 9.74. The summed E-state index contributed by atoms with van der Waals surface area (Å²) in [4.78, 5) is 58.9. The standard InChI is InChI=1S/C34H36ClN3O7/c1-21-29(22-9-4-2-5-10-22)44-33(43)27-25-16-17-34(45-25)28(27)31(41)38(19-8-20-39)30(34)32(42)37(24-14-12-23(35)13-15-24)18-7-3-6-11-26(40)36-21/h2-5,7,9-10,12-17,21,25,27-30,39H,6,8,11,18-20H2,1H3,(H,36,40)/b7-3-/t21-,25+,27-,28-,29+,30+,34-/m0/s1. The number of anilines is 1. The predicted octanol–water partition coefficient (Wildman–Crippen LogP) is 3.35. The normalized spacial score (nSPS) is 32.4. The van der Waals surface area contributed by atoms with E-state index >= 15 is 0 Å². The first-order valence-corrected chi connectivity index (χ1v) is 15.7. The number of hydrogen-bond acceptors (Lipinski definition) is 7. The third-order valence-electron chi connectivity index (χ3n) is 9.05. The van der Waals surface area contributed by atoms with Gasteiger partial charge in [0.1, 0.15) is 23.7 Å². The Kier molecular flexibility index (Phi) is 8.81. The molecule has 1 spiro atoms. The molecular formula is C34H36ClN3O7. The molecule has 4 aliphatic heterocycles. The van der Waals surface area contributed by atoms with Gasteiger partial charge in [-0.25, -0.2) is 0 Å². The van der Waals surface area contributed by atoms with Crippen molar-refractivity contribution < 1.29 is 33.8 Å². The number of rotatable bonds is 5. The molecule has 2 N–H and O–H groups in total. The number of hydrogen-bond donors (Lipinski definition) is 2. The van der Waals surface area contributed by atoms with Crippen molar-refractivity contribution >= 4 is 41.0 Å². The average molecular weight is 634 g/mol. The van der Waals surface area contributed by atoms with Gasteiger partial charge in [-0.3, -0.25) is 19.2 Å². The highest BCUT2D eigenvalue weighted by molar-refractivity contribution is 6.30. The van der Waals surface area contributed by atoms with Crippen molar-refractivity contribution in [3.63, 3.8) is 0 Å². The van der Waals surface area contributed by atoms with E-state index in [1.165, 1.54) is 4.90 Å². The van der Waals surface area contributed by atoms with Gasteiger partial charge < -0.3 is 29.7 Å². The summed E-state index contributed by atoms with van der Waals surface area (Å²) in [5, 5.41) is 13.1. The fourth-order valence-corrected chi connectivity index (χ4v) is 7.13. The highest BCUT2D eigenvalue weighted by atomic mass is 35.5. The Labute approximate surface area is 266 Å². The predicted molar refractivity (Wildman–Crippen MR) is 166 cm³/mol. The number of nitrogens with zero attached hydrogens (tertiary/aromatic N) is 2. The zero-order valence-electron chi connectivity index (χ0n) is 24.9. The SMILES string of the molecule is C[C@@H]1NC(=O)CC/C=C\CN(c2ccc(Cl)cc2)C(=O)[C@H]2N(CCCO)C(=O)[C@@H]3[C@@H](C(=O)O[C@H]1c1ccccc1)[C@H]1C=C[C@]32O1. The lowest BCUT2D eigenvalue weighted by molar-refractivity contribution is -0.161.